The van der Waals surface area contributed by atoms with Crippen LogP contribution in [0.15, 0.2) is 24.3 Å². The molecule has 1 aromatic carbocycles. The van der Waals surface area contributed by atoms with Crippen LogP contribution in [0.3, 0.4) is 0 Å². The van der Waals surface area contributed by atoms with Crippen LogP contribution < -0.4 is 0 Å². The summed E-state index contributed by atoms with van der Waals surface area (Å²) in [7, 11) is 0. The van der Waals surface area contributed by atoms with Gasteiger partial charge in [0.15, 0.2) is 5.12 Å². The molecule has 92 valence electrons. The zero-order valence-electron chi connectivity index (χ0n) is 9.35. The van der Waals surface area contributed by atoms with Crippen molar-refractivity contribution < 1.29 is 19.1 Å². The van der Waals surface area contributed by atoms with Crippen molar-refractivity contribution in [3.05, 3.63) is 35.6 Å². The van der Waals surface area contributed by atoms with E-state index in [0.717, 1.165) is 11.8 Å². The van der Waals surface area contributed by atoms with E-state index in [-0.39, 0.29) is 23.1 Å². The summed E-state index contributed by atoms with van der Waals surface area (Å²) < 4.78 is 12.9. The van der Waals surface area contributed by atoms with E-state index in [0.29, 0.717) is 5.56 Å². The predicted octanol–water partition coefficient (Wildman–Crippen LogP) is 2.35. The van der Waals surface area contributed by atoms with Gasteiger partial charge in [-0.2, -0.15) is 0 Å². The number of benzene rings is 1. The Kier molecular flexibility index (Phi) is 5.15. The summed E-state index contributed by atoms with van der Waals surface area (Å²) in [5.41, 5.74) is 0.626. The van der Waals surface area contributed by atoms with Crippen LogP contribution in [0.1, 0.15) is 12.5 Å². The van der Waals surface area contributed by atoms with Crippen LogP contribution in [0.2, 0.25) is 0 Å². The van der Waals surface area contributed by atoms with Crippen molar-refractivity contribution in [2.75, 3.05) is 5.75 Å². The molecule has 0 heterocycles. The second-order valence-electron chi connectivity index (χ2n) is 3.67. The molecule has 3 nitrogen and oxygen atoms in total. The molecule has 1 N–H and O–H groups in total. The maximum Gasteiger partial charge on any atom is 0.307 e. The molecule has 0 radical (unpaired) electrons. The standard InChI is InChI=1S/C12H13FO3S/c1-8(14)17-7-10(12(15)16)5-9-3-2-4-11(13)6-9/h2-4,6,10H,5,7H2,1H3,(H,15,16). The number of halogens is 1. The number of aliphatic carboxylic acids is 1. The van der Waals surface area contributed by atoms with Gasteiger partial charge < -0.3 is 5.11 Å². The molecule has 1 atom stereocenters. The molecule has 1 unspecified atom stereocenters. The smallest absolute Gasteiger partial charge is 0.307 e. The molecule has 0 saturated carbocycles. The first-order valence-electron chi connectivity index (χ1n) is 5.09. The summed E-state index contributed by atoms with van der Waals surface area (Å²) in [5.74, 6) is -1.82. The molecule has 0 aromatic heterocycles. The average Bonchev–Trinajstić information content (AvgIpc) is 2.23. The van der Waals surface area contributed by atoms with Crippen molar-refractivity contribution in [2.24, 2.45) is 5.92 Å². The number of rotatable bonds is 5. The summed E-state index contributed by atoms with van der Waals surface area (Å²) in [6, 6.07) is 5.84. The largest absolute Gasteiger partial charge is 0.481 e. The summed E-state index contributed by atoms with van der Waals surface area (Å²) in [4.78, 5) is 21.8. The fourth-order valence-corrected chi connectivity index (χ4v) is 2.08. The Hall–Kier alpha value is -1.36. The number of hydrogen-bond donors (Lipinski definition) is 1. The predicted molar refractivity (Wildman–Crippen MR) is 64.4 cm³/mol. The van der Waals surface area contributed by atoms with Crippen LogP contribution in [0.5, 0.6) is 0 Å². The van der Waals surface area contributed by atoms with Gasteiger partial charge in [-0.25, -0.2) is 4.39 Å². The molecule has 0 spiro atoms. The molecule has 0 saturated heterocycles. The second-order valence-corrected chi connectivity index (χ2v) is 4.87. The van der Waals surface area contributed by atoms with Crippen molar-refractivity contribution in [3.8, 4) is 0 Å². The second kappa shape index (κ2) is 6.39. The van der Waals surface area contributed by atoms with E-state index in [9.17, 15) is 14.0 Å². The molecule has 0 fully saturated rings. The third-order valence-corrected chi connectivity index (χ3v) is 3.18. The molecule has 0 aliphatic rings. The van der Waals surface area contributed by atoms with E-state index in [1.165, 1.54) is 19.1 Å². The van der Waals surface area contributed by atoms with E-state index in [1.54, 1.807) is 12.1 Å². The number of carbonyl (C=O) groups excluding carboxylic acids is 1. The minimum atomic E-state index is -0.969. The zero-order chi connectivity index (χ0) is 12.8. The normalized spacial score (nSPS) is 12.1. The highest BCUT2D eigenvalue weighted by Gasteiger charge is 2.19. The first kappa shape index (κ1) is 13.7. The minimum absolute atomic E-state index is 0.115. The molecule has 0 aliphatic carbocycles. The monoisotopic (exact) mass is 256 g/mol. The fraction of sp³-hybridized carbons (Fsp3) is 0.333. The van der Waals surface area contributed by atoms with Crippen LogP contribution >= 0.6 is 11.8 Å². The van der Waals surface area contributed by atoms with Crippen LogP contribution in [0, 0.1) is 11.7 Å². The van der Waals surface area contributed by atoms with Gasteiger partial charge in [0, 0.05) is 12.7 Å². The SMILES string of the molecule is CC(=O)SCC(Cc1cccc(F)c1)C(=O)O. The van der Waals surface area contributed by atoms with Gasteiger partial charge in [-0.3, -0.25) is 9.59 Å². The van der Waals surface area contributed by atoms with Crippen LogP contribution in [0.25, 0.3) is 0 Å². The van der Waals surface area contributed by atoms with Crippen molar-refractivity contribution in [1.82, 2.24) is 0 Å². The highest BCUT2D eigenvalue weighted by molar-refractivity contribution is 8.13. The molecule has 17 heavy (non-hydrogen) atoms. The Labute approximate surface area is 103 Å². The molecule has 5 heteroatoms. The van der Waals surface area contributed by atoms with E-state index in [4.69, 9.17) is 5.11 Å². The van der Waals surface area contributed by atoms with Gasteiger partial charge in [0.2, 0.25) is 0 Å². The first-order chi connectivity index (χ1) is 7.99. The van der Waals surface area contributed by atoms with E-state index < -0.39 is 11.9 Å². The lowest BCUT2D eigenvalue weighted by Crippen LogP contribution is -2.19. The molecule has 1 rings (SSSR count). The lowest BCUT2D eigenvalue weighted by atomic mass is 10.0. The highest BCUT2D eigenvalue weighted by Crippen LogP contribution is 2.16. The summed E-state index contributed by atoms with van der Waals surface area (Å²) in [6.07, 6.45) is 0.230. The summed E-state index contributed by atoms with van der Waals surface area (Å²) in [5, 5.41) is 8.88. The average molecular weight is 256 g/mol. The lowest BCUT2D eigenvalue weighted by molar-refractivity contribution is -0.140. The maximum atomic E-state index is 12.9. The molecule has 1 aromatic rings. The van der Waals surface area contributed by atoms with Gasteiger partial charge >= 0.3 is 5.97 Å². The van der Waals surface area contributed by atoms with Gasteiger partial charge in [0.1, 0.15) is 5.82 Å². The van der Waals surface area contributed by atoms with Crippen LogP contribution in [0.4, 0.5) is 4.39 Å². The van der Waals surface area contributed by atoms with E-state index in [2.05, 4.69) is 0 Å². The summed E-state index contributed by atoms with van der Waals surface area (Å²) in [6.45, 7) is 1.39. The van der Waals surface area contributed by atoms with Crippen molar-refractivity contribution >= 4 is 22.8 Å². The number of carbonyl (C=O) groups is 2. The van der Waals surface area contributed by atoms with Crippen molar-refractivity contribution in [1.29, 1.82) is 0 Å². The minimum Gasteiger partial charge on any atom is -0.481 e. The number of carboxylic acids is 1. The van der Waals surface area contributed by atoms with Gasteiger partial charge in [-0.15, -0.1) is 0 Å². The molecule has 0 aliphatic heterocycles. The Morgan fingerprint density at radius 1 is 1.47 bits per heavy atom. The maximum absolute atomic E-state index is 12.9. The van der Waals surface area contributed by atoms with E-state index >= 15 is 0 Å². The number of carboxylic acid groups (broad SMARTS) is 1. The van der Waals surface area contributed by atoms with Gasteiger partial charge in [-0.1, -0.05) is 23.9 Å². The molecular formula is C12H13FO3S. The molecule has 0 amide bonds. The number of thioether (sulfide) groups is 1. The summed E-state index contributed by atoms with van der Waals surface area (Å²) >= 11 is 0.978. The quantitative estimate of drug-likeness (QED) is 0.878. The fourth-order valence-electron chi connectivity index (χ4n) is 1.38. The van der Waals surface area contributed by atoms with Crippen LogP contribution in [-0.2, 0) is 16.0 Å². The Morgan fingerprint density at radius 2 is 2.18 bits per heavy atom. The van der Waals surface area contributed by atoms with E-state index in [1.807, 2.05) is 0 Å². The molecule has 0 bridgehead atoms. The van der Waals surface area contributed by atoms with Crippen LogP contribution in [-0.4, -0.2) is 21.9 Å². The Bertz CT molecular complexity index is 420. The molecular weight excluding hydrogens is 243 g/mol. The van der Waals surface area contributed by atoms with Gasteiger partial charge in [0.25, 0.3) is 0 Å². The van der Waals surface area contributed by atoms with Crippen molar-refractivity contribution in [3.63, 3.8) is 0 Å². The number of hydrogen-bond acceptors (Lipinski definition) is 3. The Balaban J connectivity index is 2.66. The first-order valence-corrected chi connectivity index (χ1v) is 6.08. The lowest BCUT2D eigenvalue weighted by Gasteiger charge is -2.10. The van der Waals surface area contributed by atoms with Gasteiger partial charge in [0.05, 0.1) is 5.92 Å². The highest BCUT2D eigenvalue weighted by atomic mass is 32.2. The topological polar surface area (TPSA) is 54.4 Å². The third-order valence-electron chi connectivity index (χ3n) is 2.21. The Morgan fingerprint density at radius 3 is 2.71 bits per heavy atom. The van der Waals surface area contributed by atoms with Gasteiger partial charge in [-0.05, 0) is 24.1 Å². The zero-order valence-corrected chi connectivity index (χ0v) is 10.2. The van der Waals surface area contributed by atoms with Crippen molar-refractivity contribution in [2.45, 2.75) is 13.3 Å². The third kappa shape index (κ3) is 4.99.